The molecule has 166 valence electrons. The zero-order valence-electron chi connectivity index (χ0n) is 18.8. The van der Waals surface area contributed by atoms with Gasteiger partial charge < -0.3 is 10.2 Å². The van der Waals surface area contributed by atoms with Crippen LogP contribution in [0.2, 0.25) is 0 Å². The predicted octanol–water partition coefficient (Wildman–Crippen LogP) is 5.23. The molecule has 1 aliphatic heterocycles. The van der Waals surface area contributed by atoms with E-state index in [0.29, 0.717) is 16.9 Å². The Morgan fingerprint density at radius 2 is 1.81 bits per heavy atom. The molecule has 0 radical (unpaired) electrons. The molecule has 1 aromatic heterocycles. The number of halogens is 1. The molecule has 2 aromatic rings. The molecule has 1 saturated carbocycles. The lowest BCUT2D eigenvalue weighted by Crippen LogP contribution is -2.39. The second-order valence-corrected chi connectivity index (χ2v) is 10.9. The molecule has 1 saturated heterocycles. The van der Waals surface area contributed by atoms with Crippen molar-refractivity contribution in [2.75, 3.05) is 18.4 Å². The standard InChI is InChI=1S/C24H30FN3O2S/c1-14-6-7-16(12-17(14)25)26-20(29)18-13-31-21(27-18)15-8-10-28(11-9-15)22(30)19-23(2,3)24(19,4)5/h6-7,12-13,15,19H,8-11H2,1-5H3,(H,26,29). The summed E-state index contributed by atoms with van der Waals surface area (Å²) < 4.78 is 13.7. The Morgan fingerprint density at radius 3 is 2.39 bits per heavy atom. The molecule has 5 nitrogen and oxygen atoms in total. The van der Waals surface area contributed by atoms with Gasteiger partial charge >= 0.3 is 0 Å². The second kappa shape index (κ2) is 7.69. The minimum atomic E-state index is -0.351. The van der Waals surface area contributed by atoms with E-state index >= 15 is 0 Å². The van der Waals surface area contributed by atoms with E-state index in [1.165, 1.54) is 17.4 Å². The average Bonchev–Trinajstić information content (AvgIpc) is 3.06. The molecule has 7 heteroatoms. The largest absolute Gasteiger partial charge is 0.342 e. The van der Waals surface area contributed by atoms with Gasteiger partial charge in [-0.2, -0.15) is 0 Å². The van der Waals surface area contributed by atoms with Crippen molar-refractivity contribution >= 4 is 28.8 Å². The van der Waals surface area contributed by atoms with Gasteiger partial charge in [0.15, 0.2) is 0 Å². The summed E-state index contributed by atoms with van der Waals surface area (Å²) in [6, 6.07) is 4.63. The third-order valence-electron chi connectivity index (χ3n) is 7.61. The summed E-state index contributed by atoms with van der Waals surface area (Å²) in [7, 11) is 0. The van der Waals surface area contributed by atoms with Crippen LogP contribution >= 0.6 is 11.3 Å². The van der Waals surface area contributed by atoms with E-state index in [4.69, 9.17) is 0 Å². The lowest BCUT2D eigenvalue weighted by atomic mass is 9.96. The van der Waals surface area contributed by atoms with Crippen molar-refractivity contribution in [3.8, 4) is 0 Å². The molecule has 31 heavy (non-hydrogen) atoms. The molecular weight excluding hydrogens is 413 g/mol. The quantitative estimate of drug-likeness (QED) is 0.704. The lowest BCUT2D eigenvalue weighted by Gasteiger charge is -2.31. The molecular formula is C24H30FN3O2S. The van der Waals surface area contributed by atoms with Crippen LogP contribution in [0, 0.1) is 29.5 Å². The van der Waals surface area contributed by atoms with Gasteiger partial charge in [0, 0.05) is 36.0 Å². The van der Waals surface area contributed by atoms with Gasteiger partial charge in [-0.3, -0.25) is 9.59 Å². The molecule has 1 N–H and O–H groups in total. The first-order valence-electron chi connectivity index (χ1n) is 10.8. The Balaban J connectivity index is 1.34. The highest BCUT2D eigenvalue weighted by atomic mass is 32.1. The minimum Gasteiger partial charge on any atom is -0.342 e. The van der Waals surface area contributed by atoms with Crippen molar-refractivity contribution in [3.05, 3.63) is 45.7 Å². The van der Waals surface area contributed by atoms with Crippen LogP contribution in [0.1, 0.15) is 67.5 Å². The number of aromatic nitrogens is 1. The topological polar surface area (TPSA) is 62.3 Å². The van der Waals surface area contributed by atoms with Crippen LogP contribution in [0.15, 0.2) is 23.6 Å². The summed E-state index contributed by atoms with van der Waals surface area (Å²) in [5.74, 6) is -0.0587. The molecule has 2 aliphatic rings. The first-order chi connectivity index (χ1) is 14.5. The summed E-state index contributed by atoms with van der Waals surface area (Å²) in [5.41, 5.74) is 1.41. The fraction of sp³-hybridized carbons (Fsp3) is 0.542. The zero-order chi connectivity index (χ0) is 22.6. The Hall–Kier alpha value is -2.28. The Bertz CT molecular complexity index is 1010. The van der Waals surface area contributed by atoms with Crippen LogP contribution in [-0.4, -0.2) is 34.8 Å². The van der Waals surface area contributed by atoms with Crippen molar-refractivity contribution < 1.29 is 14.0 Å². The number of piperidine rings is 1. The molecule has 2 fully saturated rings. The average molecular weight is 444 g/mol. The number of hydrogen-bond acceptors (Lipinski definition) is 4. The van der Waals surface area contributed by atoms with Gasteiger partial charge in [-0.15, -0.1) is 11.3 Å². The minimum absolute atomic E-state index is 0.0544. The van der Waals surface area contributed by atoms with Crippen LogP contribution < -0.4 is 5.32 Å². The van der Waals surface area contributed by atoms with Gasteiger partial charge in [-0.1, -0.05) is 33.8 Å². The smallest absolute Gasteiger partial charge is 0.275 e. The monoisotopic (exact) mass is 443 g/mol. The van der Waals surface area contributed by atoms with Crippen molar-refractivity contribution in [3.63, 3.8) is 0 Å². The number of nitrogens with zero attached hydrogens (tertiary/aromatic N) is 2. The van der Waals surface area contributed by atoms with Crippen LogP contribution in [0.4, 0.5) is 10.1 Å². The number of carbonyl (C=O) groups is 2. The molecule has 0 atom stereocenters. The zero-order valence-corrected chi connectivity index (χ0v) is 19.6. The van der Waals surface area contributed by atoms with E-state index < -0.39 is 0 Å². The Labute approximate surface area is 187 Å². The van der Waals surface area contributed by atoms with Crippen LogP contribution in [0.5, 0.6) is 0 Å². The van der Waals surface area contributed by atoms with Gasteiger partial charge in [0.2, 0.25) is 5.91 Å². The number of likely N-dealkylation sites (tertiary alicyclic amines) is 1. The van der Waals surface area contributed by atoms with Crippen LogP contribution in [0.25, 0.3) is 0 Å². The molecule has 0 spiro atoms. The van der Waals surface area contributed by atoms with Gasteiger partial charge in [-0.25, -0.2) is 9.37 Å². The maximum Gasteiger partial charge on any atom is 0.275 e. The number of nitrogens with one attached hydrogen (secondary N) is 1. The Kier molecular flexibility index (Phi) is 5.44. The van der Waals surface area contributed by atoms with Gasteiger partial charge in [0.05, 0.1) is 5.01 Å². The molecule has 2 amide bonds. The fourth-order valence-electron chi connectivity index (χ4n) is 4.79. The van der Waals surface area contributed by atoms with E-state index in [1.54, 1.807) is 24.4 Å². The maximum atomic E-state index is 13.7. The normalized spacial score (nSPS) is 20.5. The van der Waals surface area contributed by atoms with Crippen molar-refractivity contribution in [1.82, 2.24) is 9.88 Å². The highest BCUT2D eigenvalue weighted by molar-refractivity contribution is 7.10. The highest BCUT2D eigenvalue weighted by Crippen LogP contribution is 2.68. The van der Waals surface area contributed by atoms with Gasteiger partial charge in [0.1, 0.15) is 11.5 Å². The number of benzene rings is 1. The van der Waals surface area contributed by atoms with Crippen LogP contribution in [0.3, 0.4) is 0 Å². The number of anilines is 1. The van der Waals surface area contributed by atoms with E-state index in [2.05, 4.69) is 38.0 Å². The summed E-state index contributed by atoms with van der Waals surface area (Å²) in [4.78, 5) is 32.0. The first-order valence-corrected chi connectivity index (χ1v) is 11.7. The van der Waals surface area contributed by atoms with Gasteiger partial charge in [-0.05, 0) is 48.3 Å². The van der Waals surface area contributed by atoms with Crippen molar-refractivity contribution in [2.24, 2.45) is 16.7 Å². The van der Waals surface area contributed by atoms with Gasteiger partial charge in [0.25, 0.3) is 5.91 Å². The summed E-state index contributed by atoms with van der Waals surface area (Å²) in [6.07, 6.45) is 1.72. The fourth-order valence-corrected chi connectivity index (χ4v) is 5.76. The maximum absolute atomic E-state index is 13.7. The molecule has 1 aromatic carbocycles. The number of carbonyl (C=O) groups excluding carboxylic acids is 2. The number of rotatable bonds is 4. The second-order valence-electron chi connectivity index (χ2n) is 9.97. The van der Waals surface area contributed by atoms with E-state index in [-0.39, 0.29) is 40.3 Å². The molecule has 1 aliphatic carbocycles. The molecule has 2 heterocycles. The summed E-state index contributed by atoms with van der Waals surface area (Å²) in [5, 5.41) is 5.39. The van der Waals surface area contributed by atoms with E-state index in [0.717, 1.165) is 30.9 Å². The lowest BCUT2D eigenvalue weighted by molar-refractivity contribution is -0.134. The summed E-state index contributed by atoms with van der Waals surface area (Å²) in [6.45, 7) is 11.8. The first kappa shape index (κ1) is 21.9. The summed E-state index contributed by atoms with van der Waals surface area (Å²) >= 11 is 1.48. The molecule has 4 rings (SSSR count). The SMILES string of the molecule is Cc1ccc(NC(=O)c2csc(C3CCN(C(=O)C4C(C)(C)C4(C)C)CC3)n2)cc1F. The van der Waals surface area contributed by atoms with Crippen LogP contribution in [-0.2, 0) is 4.79 Å². The third-order valence-corrected chi connectivity index (χ3v) is 8.62. The van der Waals surface area contributed by atoms with E-state index in [1.807, 2.05) is 4.90 Å². The number of thiazole rings is 1. The van der Waals surface area contributed by atoms with Crippen molar-refractivity contribution in [1.29, 1.82) is 0 Å². The molecule has 0 unspecified atom stereocenters. The predicted molar refractivity (Wildman–Crippen MR) is 121 cm³/mol. The van der Waals surface area contributed by atoms with E-state index in [9.17, 15) is 14.0 Å². The molecule has 0 bridgehead atoms. The third kappa shape index (κ3) is 3.88. The number of amides is 2. The number of hydrogen-bond donors (Lipinski definition) is 1. The number of aryl methyl sites for hydroxylation is 1. The van der Waals surface area contributed by atoms with Crippen molar-refractivity contribution in [2.45, 2.75) is 53.4 Å². The highest BCUT2D eigenvalue weighted by Gasteiger charge is 2.68. The Morgan fingerprint density at radius 1 is 1.16 bits per heavy atom.